The van der Waals surface area contributed by atoms with Gasteiger partial charge in [0.25, 0.3) is 0 Å². The Balaban J connectivity index is 1.94. The van der Waals surface area contributed by atoms with E-state index in [2.05, 4.69) is 5.32 Å². The summed E-state index contributed by atoms with van der Waals surface area (Å²) in [6.45, 7) is 0. The van der Waals surface area contributed by atoms with Crippen molar-refractivity contribution in [3.8, 4) is 0 Å². The van der Waals surface area contributed by atoms with Crippen LogP contribution < -0.4 is 5.32 Å². The Morgan fingerprint density at radius 1 is 1.19 bits per heavy atom. The molecule has 0 fully saturated rings. The van der Waals surface area contributed by atoms with Crippen LogP contribution in [0.25, 0.3) is 0 Å². The largest absolute Gasteiger partial charge is 0.481 e. The van der Waals surface area contributed by atoms with Crippen LogP contribution in [-0.4, -0.2) is 17.0 Å². The average molecular weight is 287 g/mol. The van der Waals surface area contributed by atoms with Crippen LogP contribution in [0.2, 0.25) is 0 Å². The highest BCUT2D eigenvalue weighted by atomic mass is 16.4. The molecule has 1 aromatic heterocycles. The van der Waals surface area contributed by atoms with E-state index in [0.717, 1.165) is 11.1 Å². The molecule has 5 nitrogen and oxygen atoms in total. The minimum absolute atomic E-state index is 0.137. The van der Waals surface area contributed by atoms with Gasteiger partial charge in [0.05, 0.1) is 25.0 Å². The van der Waals surface area contributed by atoms with Crippen LogP contribution in [-0.2, 0) is 16.0 Å². The van der Waals surface area contributed by atoms with E-state index in [9.17, 15) is 9.59 Å². The first-order chi connectivity index (χ1) is 10.1. The average Bonchev–Trinajstić information content (AvgIpc) is 2.98. The predicted octanol–water partition coefficient (Wildman–Crippen LogP) is 2.54. The van der Waals surface area contributed by atoms with E-state index in [4.69, 9.17) is 9.52 Å². The Bertz CT molecular complexity index is 578. The third-order valence-electron chi connectivity index (χ3n) is 3.14. The summed E-state index contributed by atoms with van der Waals surface area (Å²) in [5.74, 6) is -1.12. The lowest BCUT2D eigenvalue weighted by molar-refractivity contribution is -0.137. The fourth-order valence-electron chi connectivity index (χ4n) is 2.07. The number of carbonyl (C=O) groups is 2. The van der Waals surface area contributed by atoms with Crippen molar-refractivity contribution in [3.05, 3.63) is 60.1 Å². The van der Waals surface area contributed by atoms with Crippen molar-refractivity contribution in [1.29, 1.82) is 0 Å². The van der Waals surface area contributed by atoms with Crippen molar-refractivity contribution >= 4 is 11.9 Å². The molecule has 0 radical (unpaired) electrons. The van der Waals surface area contributed by atoms with Gasteiger partial charge < -0.3 is 14.8 Å². The lowest BCUT2D eigenvalue weighted by Crippen LogP contribution is -2.30. The molecule has 5 heteroatoms. The molecule has 1 unspecified atom stereocenters. The zero-order valence-electron chi connectivity index (χ0n) is 11.5. The van der Waals surface area contributed by atoms with Gasteiger partial charge >= 0.3 is 5.97 Å². The van der Waals surface area contributed by atoms with Crippen molar-refractivity contribution in [2.24, 2.45) is 0 Å². The maximum absolute atomic E-state index is 12.0. The van der Waals surface area contributed by atoms with Crippen LogP contribution in [0.1, 0.15) is 30.0 Å². The van der Waals surface area contributed by atoms with E-state index in [1.165, 1.54) is 0 Å². The zero-order chi connectivity index (χ0) is 15.1. The number of furan rings is 1. The molecule has 2 N–H and O–H groups in total. The Morgan fingerprint density at radius 2 is 1.95 bits per heavy atom. The molecule has 0 bridgehead atoms. The molecule has 110 valence electrons. The van der Waals surface area contributed by atoms with Crippen LogP contribution in [0, 0.1) is 0 Å². The standard InChI is InChI=1S/C16H17NO4/c18-15(7-6-12-8-9-21-11-12)17-14(10-16(19)20)13-4-2-1-3-5-13/h1-5,8-9,11,14H,6-7,10H2,(H,17,18)(H,19,20). The van der Waals surface area contributed by atoms with Crippen molar-refractivity contribution in [2.45, 2.75) is 25.3 Å². The van der Waals surface area contributed by atoms with Gasteiger partial charge in [-0.2, -0.15) is 0 Å². The summed E-state index contributed by atoms with van der Waals surface area (Å²) in [5, 5.41) is 11.8. The SMILES string of the molecule is O=C(O)CC(NC(=O)CCc1ccoc1)c1ccccc1. The van der Waals surface area contributed by atoms with Crippen LogP contribution >= 0.6 is 0 Å². The molecule has 0 aliphatic heterocycles. The van der Waals surface area contributed by atoms with Crippen LogP contribution in [0.3, 0.4) is 0 Å². The van der Waals surface area contributed by atoms with Gasteiger partial charge in [0.15, 0.2) is 0 Å². The molecule has 0 saturated carbocycles. The van der Waals surface area contributed by atoms with Gasteiger partial charge in [-0.15, -0.1) is 0 Å². The highest BCUT2D eigenvalue weighted by molar-refractivity contribution is 5.78. The highest BCUT2D eigenvalue weighted by Crippen LogP contribution is 2.17. The van der Waals surface area contributed by atoms with Crippen molar-refractivity contribution in [2.75, 3.05) is 0 Å². The molecule has 1 amide bonds. The maximum atomic E-state index is 12.0. The summed E-state index contributed by atoms with van der Waals surface area (Å²) in [4.78, 5) is 22.9. The van der Waals surface area contributed by atoms with Crippen molar-refractivity contribution in [1.82, 2.24) is 5.32 Å². The number of carbonyl (C=O) groups excluding carboxylic acids is 1. The first-order valence-corrected chi connectivity index (χ1v) is 6.72. The number of hydrogen-bond acceptors (Lipinski definition) is 3. The second-order valence-electron chi connectivity index (χ2n) is 4.76. The molecule has 1 aromatic carbocycles. The Kier molecular flexibility index (Phi) is 5.15. The number of nitrogens with one attached hydrogen (secondary N) is 1. The summed E-state index contributed by atoms with van der Waals surface area (Å²) >= 11 is 0. The van der Waals surface area contributed by atoms with Gasteiger partial charge in [0.2, 0.25) is 5.91 Å². The number of aliphatic carboxylic acids is 1. The van der Waals surface area contributed by atoms with Gasteiger partial charge in [-0.25, -0.2) is 0 Å². The number of aryl methyl sites for hydroxylation is 1. The fraction of sp³-hybridized carbons (Fsp3) is 0.250. The summed E-state index contributed by atoms with van der Waals surface area (Å²) < 4.78 is 4.94. The second-order valence-corrected chi connectivity index (χ2v) is 4.76. The van der Waals surface area contributed by atoms with Crippen LogP contribution in [0.4, 0.5) is 0 Å². The lowest BCUT2D eigenvalue weighted by Gasteiger charge is -2.17. The lowest BCUT2D eigenvalue weighted by atomic mass is 10.0. The Morgan fingerprint density at radius 3 is 2.57 bits per heavy atom. The summed E-state index contributed by atoms with van der Waals surface area (Å²) in [7, 11) is 0. The summed E-state index contributed by atoms with van der Waals surface area (Å²) in [5.41, 5.74) is 1.73. The van der Waals surface area contributed by atoms with Gasteiger partial charge in [-0.1, -0.05) is 30.3 Å². The van der Waals surface area contributed by atoms with Gasteiger partial charge in [0, 0.05) is 6.42 Å². The predicted molar refractivity (Wildman–Crippen MR) is 76.6 cm³/mol. The van der Waals surface area contributed by atoms with Crippen molar-refractivity contribution in [3.63, 3.8) is 0 Å². The number of amides is 1. The third-order valence-corrected chi connectivity index (χ3v) is 3.14. The second kappa shape index (κ2) is 7.28. The number of carboxylic acid groups (broad SMARTS) is 1. The molecule has 0 saturated heterocycles. The quantitative estimate of drug-likeness (QED) is 0.820. The van der Waals surface area contributed by atoms with E-state index < -0.39 is 12.0 Å². The van der Waals surface area contributed by atoms with E-state index >= 15 is 0 Å². The van der Waals surface area contributed by atoms with Crippen LogP contribution in [0.5, 0.6) is 0 Å². The molecule has 0 spiro atoms. The molecule has 2 rings (SSSR count). The zero-order valence-corrected chi connectivity index (χ0v) is 11.5. The van der Waals surface area contributed by atoms with Gasteiger partial charge in [-0.05, 0) is 23.6 Å². The molecule has 1 heterocycles. The number of hydrogen-bond donors (Lipinski definition) is 2. The van der Waals surface area contributed by atoms with E-state index in [0.29, 0.717) is 12.8 Å². The number of carboxylic acids is 1. The smallest absolute Gasteiger partial charge is 0.305 e. The Labute approximate surface area is 122 Å². The first kappa shape index (κ1) is 14.8. The number of rotatable bonds is 7. The molecule has 0 aliphatic rings. The minimum Gasteiger partial charge on any atom is -0.481 e. The van der Waals surface area contributed by atoms with Gasteiger partial charge in [-0.3, -0.25) is 9.59 Å². The summed E-state index contributed by atoms with van der Waals surface area (Å²) in [6, 6.07) is 10.4. The van der Waals surface area contributed by atoms with E-state index in [1.807, 2.05) is 30.3 Å². The number of benzene rings is 1. The van der Waals surface area contributed by atoms with E-state index in [-0.39, 0.29) is 12.3 Å². The highest BCUT2D eigenvalue weighted by Gasteiger charge is 2.17. The molecular weight excluding hydrogens is 270 g/mol. The molecule has 1 atom stereocenters. The molecule has 0 aliphatic carbocycles. The summed E-state index contributed by atoms with van der Waals surface area (Å²) in [6.07, 6.45) is 3.88. The maximum Gasteiger partial charge on any atom is 0.305 e. The normalized spacial score (nSPS) is 11.8. The molecular formula is C16H17NO4. The van der Waals surface area contributed by atoms with Crippen LogP contribution in [0.15, 0.2) is 53.3 Å². The fourth-order valence-corrected chi connectivity index (χ4v) is 2.07. The monoisotopic (exact) mass is 287 g/mol. The first-order valence-electron chi connectivity index (χ1n) is 6.72. The minimum atomic E-state index is -0.945. The topological polar surface area (TPSA) is 79.5 Å². The van der Waals surface area contributed by atoms with Gasteiger partial charge in [0.1, 0.15) is 0 Å². The van der Waals surface area contributed by atoms with Crippen molar-refractivity contribution < 1.29 is 19.1 Å². The van der Waals surface area contributed by atoms with E-state index in [1.54, 1.807) is 18.6 Å². The Hall–Kier alpha value is -2.56. The molecule has 21 heavy (non-hydrogen) atoms. The molecule has 2 aromatic rings. The third kappa shape index (κ3) is 4.80.